The number of hydrogen-bond acceptors (Lipinski definition) is 1. The van der Waals surface area contributed by atoms with E-state index in [4.69, 9.17) is 11.6 Å². The number of hydrogen-bond donors (Lipinski definition) is 1. The Morgan fingerprint density at radius 1 is 1.19 bits per heavy atom. The average Bonchev–Trinajstić information content (AvgIpc) is 2.33. The SMILES string of the molecule is O=C(Nc1ccc(Cl)cc1)c1c[c]ccc1. The van der Waals surface area contributed by atoms with Gasteiger partial charge in [-0.15, -0.1) is 0 Å². The molecule has 0 aliphatic heterocycles. The number of amides is 1. The summed E-state index contributed by atoms with van der Waals surface area (Å²) in [4.78, 5) is 11.7. The third kappa shape index (κ3) is 2.61. The number of nitrogens with one attached hydrogen (secondary N) is 1. The van der Waals surface area contributed by atoms with Crippen molar-refractivity contribution in [2.24, 2.45) is 0 Å². The van der Waals surface area contributed by atoms with Crippen LogP contribution >= 0.6 is 11.6 Å². The maximum Gasteiger partial charge on any atom is 0.255 e. The van der Waals surface area contributed by atoms with Crippen molar-refractivity contribution in [3.05, 3.63) is 65.2 Å². The Morgan fingerprint density at radius 3 is 2.56 bits per heavy atom. The summed E-state index contributed by atoms with van der Waals surface area (Å²) in [6.45, 7) is 0. The topological polar surface area (TPSA) is 29.1 Å². The van der Waals surface area contributed by atoms with Gasteiger partial charge in [0.1, 0.15) is 0 Å². The first-order chi connectivity index (χ1) is 7.75. The molecule has 2 nitrogen and oxygen atoms in total. The Bertz CT molecular complexity index is 479. The van der Waals surface area contributed by atoms with Gasteiger partial charge in [-0.25, -0.2) is 0 Å². The second-order valence-corrected chi connectivity index (χ2v) is 3.69. The molecule has 2 aromatic rings. The molecule has 0 heterocycles. The first-order valence-corrected chi connectivity index (χ1v) is 5.16. The van der Waals surface area contributed by atoms with Gasteiger partial charge < -0.3 is 5.32 Å². The van der Waals surface area contributed by atoms with Gasteiger partial charge in [0.15, 0.2) is 0 Å². The first-order valence-electron chi connectivity index (χ1n) is 4.79. The zero-order chi connectivity index (χ0) is 11.4. The molecule has 2 rings (SSSR count). The van der Waals surface area contributed by atoms with Crippen LogP contribution in [0.3, 0.4) is 0 Å². The van der Waals surface area contributed by atoms with Gasteiger partial charge in [-0.3, -0.25) is 4.79 Å². The van der Waals surface area contributed by atoms with E-state index in [0.29, 0.717) is 10.6 Å². The lowest BCUT2D eigenvalue weighted by Gasteiger charge is -2.04. The number of halogens is 1. The lowest BCUT2D eigenvalue weighted by atomic mass is 10.2. The van der Waals surface area contributed by atoms with Gasteiger partial charge in [0, 0.05) is 16.3 Å². The summed E-state index contributed by atoms with van der Waals surface area (Å²) in [5.41, 5.74) is 1.30. The lowest BCUT2D eigenvalue weighted by Crippen LogP contribution is -2.11. The summed E-state index contributed by atoms with van der Waals surface area (Å²) in [6.07, 6.45) is 0. The van der Waals surface area contributed by atoms with Crippen LogP contribution in [0.25, 0.3) is 0 Å². The highest BCUT2D eigenvalue weighted by atomic mass is 35.5. The third-order valence-electron chi connectivity index (χ3n) is 2.07. The second-order valence-electron chi connectivity index (χ2n) is 3.25. The van der Waals surface area contributed by atoms with E-state index >= 15 is 0 Å². The van der Waals surface area contributed by atoms with E-state index in [2.05, 4.69) is 11.4 Å². The highest BCUT2D eigenvalue weighted by Gasteiger charge is 2.04. The Balaban J connectivity index is 2.11. The molecule has 0 bridgehead atoms. The third-order valence-corrected chi connectivity index (χ3v) is 2.32. The monoisotopic (exact) mass is 230 g/mol. The van der Waals surface area contributed by atoms with E-state index < -0.39 is 0 Å². The number of benzene rings is 2. The van der Waals surface area contributed by atoms with Gasteiger partial charge in [0.2, 0.25) is 0 Å². The summed E-state index contributed by atoms with van der Waals surface area (Å²) in [6, 6.07) is 16.7. The molecule has 2 aromatic carbocycles. The minimum atomic E-state index is -0.154. The standard InChI is InChI=1S/C13H9ClNO/c14-11-6-8-12(9-7-11)15-13(16)10-4-2-1-3-5-10/h1-2,4-9H,(H,15,16). The number of anilines is 1. The van der Waals surface area contributed by atoms with E-state index in [0.717, 1.165) is 5.69 Å². The van der Waals surface area contributed by atoms with Crippen LogP contribution in [-0.2, 0) is 0 Å². The molecule has 0 aliphatic rings. The molecular formula is C13H9ClNO. The summed E-state index contributed by atoms with van der Waals surface area (Å²) in [5.74, 6) is -0.154. The van der Waals surface area contributed by atoms with Crippen LogP contribution in [0.2, 0.25) is 5.02 Å². The van der Waals surface area contributed by atoms with E-state index in [1.54, 1.807) is 48.5 Å². The minimum absolute atomic E-state index is 0.154. The fourth-order valence-electron chi connectivity index (χ4n) is 1.27. The summed E-state index contributed by atoms with van der Waals surface area (Å²) in [5, 5.41) is 3.41. The van der Waals surface area contributed by atoms with Crippen LogP contribution in [0.5, 0.6) is 0 Å². The van der Waals surface area contributed by atoms with Crippen molar-refractivity contribution in [1.29, 1.82) is 0 Å². The molecule has 1 radical (unpaired) electrons. The van der Waals surface area contributed by atoms with Crippen molar-refractivity contribution >= 4 is 23.2 Å². The lowest BCUT2D eigenvalue weighted by molar-refractivity contribution is 0.102. The van der Waals surface area contributed by atoms with Crippen LogP contribution in [0.1, 0.15) is 10.4 Å². The maximum atomic E-state index is 11.7. The molecule has 0 atom stereocenters. The molecule has 1 amide bonds. The Kier molecular flexibility index (Phi) is 3.22. The van der Waals surface area contributed by atoms with Crippen molar-refractivity contribution in [3.8, 4) is 0 Å². The normalized spacial score (nSPS) is 9.81. The molecule has 0 saturated heterocycles. The van der Waals surface area contributed by atoms with E-state index in [1.807, 2.05) is 0 Å². The van der Waals surface area contributed by atoms with Gasteiger partial charge in [-0.2, -0.15) is 0 Å². The van der Waals surface area contributed by atoms with Gasteiger partial charge in [0.05, 0.1) is 0 Å². The Morgan fingerprint density at radius 2 is 1.94 bits per heavy atom. The molecule has 0 spiro atoms. The van der Waals surface area contributed by atoms with Crippen LogP contribution in [0, 0.1) is 6.07 Å². The van der Waals surface area contributed by atoms with Crippen LogP contribution in [0.15, 0.2) is 48.5 Å². The highest BCUT2D eigenvalue weighted by Crippen LogP contribution is 2.14. The molecule has 0 fully saturated rings. The zero-order valence-corrected chi connectivity index (χ0v) is 9.16. The fourth-order valence-corrected chi connectivity index (χ4v) is 1.40. The second kappa shape index (κ2) is 4.81. The predicted molar refractivity (Wildman–Crippen MR) is 64.7 cm³/mol. The molecule has 3 heteroatoms. The molecule has 0 unspecified atom stereocenters. The fraction of sp³-hybridized carbons (Fsp3) is 0. The molecule has 16 heavy (non-hydrogen) atoms. The van der Waals surface area contributed by atoms with Crippen molar-refractivity contribution in [2.45, 2.75) is 0 Å². The largest absolute Gasteiger partial charge is 0.322 e. The minimum Gasteiger partial charge on any atom is -0.322 e. The molecule has 79 valence electrons. The van der Waals surface area contributed by atoms with E-state index in [1.165, 1.54) is 0 Å². The van der Waals surface area contributed by atoms with E-state index in [9.17, 15) is 4.79 Å². The van der Waals surface area contributed by atoms with Gasteiger partial charge >= 0.3 is 0 Å². The number of rotatable bonds is 2. The smallest absolute Gasteiger partial charge is 0.255 e. The summed E-state index contributed by atoms with van der Waals surface area (Å²) >= 11 is 5.75. The van der Waals surface area contributed by atoms with Crippen molar-refractivity contribution in [3.63, 3.8) is 0 Å². The summed E-state index contributed by atoms with van der Waals surface area (Å²) in [7, 11) is 0. The average molecular weight is 231 g/mol. The highest BCUT2D eigenvalue weighted by molar-refractivity contribution is 6.30. The van der Waals surface area contributed by atoms with Crippen molar-refractivity contribution in [2.75, 3.05) is 5.32 Å². The van der Waals surface area contributed by atoms with Crippen molar-refractivity contribution < 1.29 is 4.79 Å². The number of carbonyl (C=O) groups excluding carboxylic acids is 1. The van der Waals surface area contributed by atoms with Crippen LogP contribution < -0.4 is 5.32 Å². The zero-order valence-electron chi connectivity index (χ0n) is 8.41. The Hall–Kier alpha value is -1.80. The molecule has 1 N–H and O–H groups in total. The number of carbonyl (C=O) groups is 1. The van der Waals surface area contributed by atoms with Gasteiger partial charge in [-0.1, -0.05) is 23.7 Å². The van der Waals surface area contributed by atoms with Crippen LogP contribution in [0.4, 0.5) is 5.69 Å². The quantitative estimate of drug-likeness (QED) is 0.842. The van der Waals surface area contributed by atoms with E-state index in [-0.39, 0.29) is 5.91 Å². The predicted octanol–water partition coefficient (Wildman–Crippen LogP) is 3.39. The Labute approximate surface area is 98.9 Å². The van der Waals surface area contributed by atoms with Gasteiger partial charge in [-0.05, 0) is 42.5 Å². The molecular weight excluding hydrogens is 222 g/mol. The molecule has 0 aliphatic carbocycles. The van der Waals surface area contributed by atoms with Crippen LogP contribution in [-0.4, -0.2) is 5.91 Å². The summed E-state index contributed by atoms with van der Waals surface area (Å²) < 4.78 is 0. The van der Waals surface area contributed by atoms with Crippen molar-refractivity contribution in [1.82, 2.24) is 0 Å². The molecule has 0 saturated carbocycles. The first kappa shape index (κ1) is 10.7. The van der Waals surface area contributed by atoms with Gasteiger partial charge in [0.25, 0.3) is 5.91 Å². The maximum absolute atomic E-state index is 11.7. The molecule has 0 aromatic heterocycles.